The highest BCUT2D eigenvalue weighted by Gasteiger charge is 2.31. The van der Waals surface area contributed by atoms with Gasteiger partial charge in [-0.15, -0.1) is 0 Å². The van der Waals surface area contributed by atoms with Gasteiger partial charge in [-0.25, -0.2) is 4.79 Å². The molecule has 28 heavy (non-hydrogen) atoms. The normalized spacial score (nSPS) is 21.5. The van der Waals surface area contributed by atoms with E-state index >= 15 is 0 Å². The predicted octanol–water partition coefficient (Wildman–Crippen LogP) is -0.869. The summed E-state index contributed by atoms with van der Waals surface area (Å²) in [6, 6.07) is 0. The Balaban J connectivity index is 1.78. The number of amides is 1. The van der Waals surface area contributed by atoms with E-state index in [0.717, 1.165) is 23.6 Å². The lowest BCUT2D eigenvalue weighted by Crippen LogP contribution is -2.40. The Bertz CT molecular complexity index is 910. The lowest BCUT2D eigenvalue weighted by atomic mass is 10.2. The third kappa shape index (κ3) is 4.31. The van der Waals surface area contributed by atoms with Crippen molar-refractivity contribution in [3.63, 3.8) is 0 Å². The molecule has 0 unspecified atom stereocenters. The number of carbonyl (C=O) groups is 2. The average molecular weight is 395 g/mol. The lowest BCUT2D eigenvalue weighted by molar-refractivity contribution is -0.137. The van der Waals surface area contributed by atoms with Crippen molar-refractivity contribution in [1.29, 1.82) is 0 Å². The molecule has 11 nitrogen and oxygen atoms in total. The molecular weight excluding hydrogens is 374 g/mol. The molecule has 3 rings (SSSR count). The second-order valence-electron chi connectivity index (χ2n) is 6.43. The van der Waals surface area contributed by atoms with Crippen molar-refractivity contribution in [2.75, 3.05) is 19.8 Å². The van der Waals surface area contributed by atoms with Crippen molar-refractivity contribution < 1.29 is 28.9 Å². The molecule has 3 N–H and O–H groups in total. The summed E-state index contributed by atoms with van der Waals surface area (Å²) in [6.45, 7) is 1.55. The number of H-pyrrole nitrogens is 1. The molecule has 0 bridgehead atoms. The van der Waals surface area contributed by atoms with Crippen LogP contribution < -0.4 is 16.6 Å². The highest BCUT2D eigenvalue weighted by molar-refractivity contribution is 5.93. The Kier molecular flexibility index (Phi) is 5.95. The minimum atomic E-state index is -0.981. The van der Waals surface area contributed by atoms with Gasteiger partial charge in [0.1, 0.15) is 12.2 Å². The maximum atomic E-state index is 12.4. The van der Waals surface area contributed by atoms with E-state index in [4.69, 9.17) is 14.2 Å². The molecule has 1 saturated heterocycles. The second-order valence-corrected chi connectivity index (χ2v) is 6.43. The van der Waals surface area contributed by atoms with Crippen LogP contribution >= 0.6 is 0 Å². The Hall–Kier alpha value is -2.92. The Labute approximate surface area is 158 Å². The van der Waals surface area contributed by atoms with E-state index in [0.29, 0.717) is 6.61 Å². The maximum Gasteiger partial charge on any atom is 0.331 e. The van der Waals surface area contributed by atoms with Crippen LogP contribution in [0.4, 0.5) is 0 Å². The molecule has 1 aromatic rings. The van der Waals surface area contributed by atoms with E-state index in [1.165, 1.54) is 6.92 Å². The van der Waals surface area contributed by atoms with Crippen LogP contribution in [-0.2, 0) is 19.0 Å². The Morgan fingerprint density at radius 3 is 2.86 bits per heavy atom. The van der Waals surface area contributed by atoms with Gasteiger partial charge in [0.25, 0.3) is 11.5 Å². The molecule has 3 heterocycles. The molecule has 152 valence electrons. The third-order valence-electron chi connectivity index (χ3n) is 4.40. The van der Waals surface area contributed by atoms with Crippen molar-refractivity contribution in [3.8, 4) is 0 Å². The first-order valence-electron chi connectivity index (χ1n) is 8.82. The summed E-state index contributed by atoms with van der Waals surface area (Å²) < 4.78 is 16.9. The highest BCUT2D eigenvalue weighted by atomic mass is 16.6. The number of rotatable bonds is 6. The molecule has 2 aliphatic rings. The SMILES string of the molecule is CC(=O)OC1=C(CO)O[C@@H](n2cc(C(=O)NC[C@H]3CCCO3)c(=O)[nH]c2=O)C1. The van der Waals surface area contributed by atoms with Crippen LogP contribution in [0, 0.1) is 0 Å². The summed E-state index contributed by atoms with van der Waals surface area (Å²) in [4.78, 5) is 49.8. The molecule has 2 aliphatic heterocycles. The van der Waals surface area contributed by atoms with Gasteiger partial charge in [0.05, 0.1) is 12.5 Å². The summed E-state index contributed by atoms with van der Waals surface area (Å²) in [6.07, 6.45) is 1.71. The van der Waals surface area contributed by atoms with Gasteiger partial charge in [0, 0.05) is 26.3 Å². The fourth-order valence-electron chi connectivity index (χ4n) is 3.06. The van der Waals surface area contributed by atoms with Crippen molar-refractivity contribution in [1.82, 2.24) is 14.9 Å². The first-order valence-corrected chi connectivity index (χ1v) is 8.82. The van der Waals surface area contributed by atoms with Crippen LogP contribution in [-0.4, -0.2) is 52.4 Å². The first kappa shape index (κ1) is 19.8. The van der Waals surface area contributed by atoms with Crippen molar-refractivity contribution in [3.05, 3.63) is 44.1 Å². The molecule has 1 fully saturated rings. The summed E-state index contributed by atoms with van der Waals surface area (Å²) >= 11 is 0. The molecule has 2 atom stereocenters. The molecular formula is C17H21N3O8. The number of aromatic amines is 1. The number of nitrogens with zero attached hydrogens (tertiary/aromatic N) is 1. The van der Waals surface area contributed by atoms with Gasteiger partial charge in [-0.1, -0.05) is 0 Å². The summed E-state index contributed by atoms with van der Waals surface area (Å²) in [5.41, 5.74) is -1.90. The summed E-state index contributed by atoms with van der Waals surface area (Å²) in [5, 5.41) is 12.0. The van der Waals surface area contributed by atoms with Gasteiger partial charge in [-0.3, -0.25) is 23.9 Å². The molecule has 11 heteroatoms. The minimum absolute atomic E-state index is 0.00248. The smallest absolute Gasteiger partial charge is 0.331 e. The van der Waals surface area contributed by atoms with Crippen molar-refractivity contribution >= 4 is 11.9 Å². The molecule has 1 aromatic heterocycles. The number of ether oxygens (including phenoxy) is 3. The number of hydrogen-bond acceptors (Lipinski definition) is 8. The number of aromatic nitrogens is 2. The number of esters is 1. The topological polar surface area (TPSA) is 149 Å². The van der Waals surface area contributed by atoms with Crippen LogP contribution in [0.2, 0.25) is 0 Å². The standard InChI is InChI=1S/C17H21N3O8/c1-9(22)27-12-5-14(28-13(12)8-21)20-7-11(16(24)19-17(20)25)15(23)18-6-10-3-2-4-26-10/h7,10,14,21H,2-6,8H2,1H3,(H,18,23)(H,19,24,25)/t10-,14-/m1/s1. The van der Waals surface area contributed by atoms with Crippen molar-refractivity contribution in [2.24, 2.45) is 0 Å². The van der Waals surface area contributed by atoms with E-state index in [1.807, 2.05) is 0 Å². The van der Waals surface area contributed by atoms with Crippen LogP contribution in [0.15, 0.2) is 27.3 Å². The summed E-state index contributed by atoms with van der Waals surface area (Å²) in [7, 11) is 0. The molecule has 0 aromatic carbocycles. The molecule has 0 spiro atoms. The van der Waals surface area contributed by atoms with Crippen molar-refractivity contribution in [2.45, 2.75) is 38.5 Å². The highest BCUT2D eigenvalue weighted by Crippen LogP contribution is 2.31. The zero-order valence-corrected chi connectivity index (χ0v) is 15.2. The van der Waals surface area contributed by atoms with Gasteiger partial charge in [-0.05, 0) is 12.8 Å². The van der Waals surface area contributed by atoms with Crippen LogP contribution in [0.25, 0.3) is 0 Å². The van der Waals surface area contributed by atoms with Crippen LogP contribution in [0.3, 0.4) is 0 Å². The fourth-order valence-corrected chi connectivity index (χ4v) is 3.06. The third-order valence-corrected chi connectivity index (χ3v) is 4.40. The zero-order chi connectivity index (χ0) is 20.3. The minimum Gasteiger partial charge on any atom is -0.468 e. The van der Waals surface area contributed by atoms with Crippen LogP contribution in [0.1, 0.15) is 42.8 Å². The largest absolute Gasteiger partial charge is 0.468 e. The number of carbonyl (C=O) groups excluding carboxylic acids is 2. The van der Waals surface area contributed by atoms with Crippen LogP contribution in [0.5, 0.6) is 0 Å². The lowest BCUT2D eigenvalue weighted by Gasteiger charge is -2.16. The van der Waals surface area contributed by atoms with E-state index in [2.05, 4.69) is 10.3 Å². The monoisotopic (exact) mass is 395 g/mol. The van der Waals surface area contributed by atoms with E-state index in [1.54, 1.807) is 0 Å². The predicted molar refractivity (Wildman–Crippen MR) is 93.2 cm³/mol. The van der Waals surface area contributed by atoms with Gasteiger partial charge in [0.2, 0.25) is 0 Å². The Morgan fingerprint density at radius 2 is 2.21 bits per heavy atom. The molecule has 0 aliphatic carbocycles. The van der Waals surface area contributed by atoms with Gasteiger partial charge in [-0.2, -0.15) is 0 Å². The maximum absolute atomic E-state index is 12.4. The van der Waals surface area contributed by atoms with E-state index in [-0.39, 0.29) is 36.2 Å². The molecule has 1 amide bonds. The van der Waals surface area contributed by atoms with E-state index in [9.17, 15) is 24.3 Å². The first-order chi connectivity index (χ1) is 13.4. The number of hydrogen-bond donors (Lipinski definition) is 3. The Morgan fingerprint density at radius 1 is 1.43 bits per heavy atom. The second kappa shape index (κ2) is 8.40. The summed E-state index contributed by atoms with van der Waals surface area (Å²) in [5.74, 6) is -1.17. The quantitative estimate of drug-likeness (QED) is 0.526. The zero-order valence-electron chi connectivity index (χ0n) is 15.2. The molecule has 0 radical (unpaired) electrons. The van der Waals surface area contributed by atoms with Gasteiger partial charge < -0.3 is 24.6 Å². The number of nitrogens with one attached hydrogen (secondary N) is 2. The number of aliphatic hydroxyl groups excluding tert-OH is 1. The average Bonchev–Trinajstić information content (AvgIpc) is 3.29. The number of aliphatic hydroxyl groups is 1. The fraction of sp³-hybridized carbons (Fsp3) is 0.529. The van der Waals surface area contributed by atoms with E-state index < -0.39 is 36.0 Å². The molecule has 0 saturated carbocycles. The van der Waals surface area contributed by atoms with Gasteiger partial charge >= 0.3 is 11.7 Å². The van der Waals surface area contributed by atoms with Gasteiger partial charge in [0.15, 0.2) is 17.7 Å².